The zero-order chi connectivity index (χ0) is 15.7. The Bertz CT molecular complexity index is 708. The molecular weight excluding hydrogens is 272 g/mol. The van der Waals surface area contributed by atoms with Crippen molar-refractivity contribution in [1.29, 1.82) is 0 Å². The van der Waals surface area contributed by atoms with Crippen molar-refractivity contribution in [3.8, 4) is 0 Å². The van der Waals surface area contributed by atoms with Gasteiger partial charge in [0, 0.05) is 25.7 Å². The third kappa shape index (κ3) is 2.58. The molecule has 2 heterocycles. The van der Waals surface area contributed by atoms with Crippen molar-refractivity contribution in [3.63, 3.8) is 0 Å². The Kier molecular flexibility index (Phi) is 3.93. The van der Waals surface area contributed by atoms with Gasteiger partial charge in [0.15, 0.2) is 5.65 Å². The van der Waals surface area contributed by atoms with Crippen LogP contribution in [0.4, 0.5) is 0 Å². The first-order chi connectivity index (χ1) is 9.86. The van der Waals surface area contributed by atoms with Gasteiger partial charge in [-0.05, 0) is 19.4 Å². The first-order valence-electron chi connectivity index (χ1n) is 6.66. The van der Waals surface area contributed by atoms with E-state index >= 15 is 0 Å². The molecule has 0 aromatic carbocycles. The number of carbonyl (C=O) groups is 2. The molecule has 0 fully saturated rings. The summed E-state index contributed by atoms with van der Waals surface area (Å²) in [6.07, 6.45) is 1.80. The molecule has 2 rings (SSSR count). The molecule has 0 spiro atoms. The molecule has 0 bridgehead atoms. The van der Waals surface area contributed by atoms with Crippen LogP contribution in [0.25, 0.3) is 11.0 Å². The third-order valence-corrected chi connectivity index (χ3v) is 3.57. The number of aromatic nitrogens is 3. The van der Waals surface area contributed by atoms with Crippen LogP contribution < -0.4 is 0 Å². The van der Waals surface area contributed by atoms with Gasteiger partial charge < -0.3 is 10.0 Å². The van der Waals surface area contributed by atoms with Crippen LogP contribution in [-0.2, 0) is 11.8 Å². The van der Waals surface area contributed by atoms with E-state index in [9.17, 15) is 9.59 Å². The fourth-order valence-electron chi connectivity index (χ4n) is 2.38. The summed E-state index contributed by atoms with van der Waals surface area (Å²) in [7, 11) is 3.28. The van der Waals surface area contributed by atoms with Crippen molar-refractivity contribution in [1.82, 2.24) is 19.7 Å². The second kappa shape index (κ2) is 5.51. The first kappa shape index (κ1) is 15.0. The summed E-state index contributed by atoms with van der Waals surface area (Å²) in [5, 5.41) is 14.2. The Morgan fingerprint density at radius 2 is 2.14 bits per heavy atom. The van der Waals surface area contributed by atoms with Crippen molar-refractivity contribution in [2.45, 2.75) is 26.3 Å². The van der Waals surface area contributed by atoms with E-state index < -0.39 is 12.0 Å². The van der Waals surface area contributed by atoms with Crippen LogP contribution >= 0.6 is 0 Å². The molecule has 0 radical (unpaired) electrons. The SMILES string of the molecule is CCC(C(=O)O)N(C)C(=O)c1cnc2c(c1)c(C)nn2C. The summed E-state index contributed by atoms with van der Waals surface area (Å²) in [6.45, 7) is 3.57. The Hall–Kier alpha value is -2.44. The minimum Gasteiger partial charge on any atom is -0.480 e. The molecule has 1 N–H and O–H groups in total. The Morgan fingerprint density at radius 3 is 2.71 bits per heavy atom. The molecule has 21 heavy (non-hydrogen) atoms. The summed E-state index contributed by atoms with van der Waals surface area (Å²) < 4.78 is 1.65. The van der Waals surface area contributed by atoms with E-state index in [0.29, 0.717) is 17.6 Å². The number of fused-ring (bicyclic) bond motifs is 1. The van der Waals surface area contributed by atoms with Crippen molar-refractivity contribution < 1.29 is 14.7 Å². The molecule has 0 saturated heterocycles. The largest absolute Gasteiger partial charge is 0.480 e. The van der Waals surface area contributed by atoms with Crippen molar-refractivity contribution in [2.75, 3.05) is 7.05 Å². The van der Waals surface area contributed by atoms with Crippen LogP contribution in [0.5, 0.6) is 0 Å². The standard InChI is InChI=1S/C14H18N4O3/c1-5-11(14(20)21)17(3)13(19)9-6-10-8(2)16-18(4)12(10)15-7-9/h6-7,11H,5H2,1-4H3,(H,20,21). The zero-order valence-electron chi connectivity index (χ0n) is 12.5. The average molecular weight is 290 g/mol. The topological polar surface area (TPSA) is 88.3 Å². The monoisotopic (exact) mass is 290 g/mol. The molecule has 1 amide bonds. The quantitative estimate of drug-likeness (QED) is 0.914. The molecule has 7 nitrogen and oxygen atoms in total. The van der Waals surface area contributed by atoms with E-state index in [4.69, 9.17) is 5.11 Å². The number of pyridine rings is 1. The van der Waals surface area contributed by atoms with Gasteiger partial charge in [-0.25, -0.2) is 9.78 Å². The van der Waals surface area contributed by atoms with Crippen molar-refractivity contribution >= 4 is 22.9 Å². The normalized spacial score (nSPS) is 12.4. The summed E-state index contributed by atoms with van der Waals surface area (Å²) in [5.74, 6) is -1.37. The third-order valence-electron chi connectivity index (χ3n) is 3.57. The number of carboxylic acid groups (broad SMARTS) is 1. The van der Waals surface area contributed by atoms with Crippen LogP contribution in [0.15, 0.2) is 12.3 Å². The Morgan fingerprint density at radius 1 is 1.48 bits per heavy atom. The second-order valence-electron chi connectivity index (χ2n) is 4.98. The highest BCUT2D eigenvalue weighted by Crippen LogP contribution is 2.18. The van der Waals surface area contributed by atoms with Gasteiger partial charge in [0.05, 0.1) is 11.3 Å². The number of nitrogens with zero attached hydrogens (tertiary/aromatic N) is 4. The molecule has 0 saturated carbocycles. The van der Waals surface area contributed by atoms with Gasteiger partial charge in [-0.1, -0.05) is 6.92 Å². The van der Waals surface area contributed by atoms with E-state index in [1.54, 1.807) is 24.7 Å². The lowest BCUT2D eigenvalue weighted by atomic mass is 10.1. The van der Waals surface area contributed by atoms with Gasteiger partial charge in [0.1, 0.15) is 6.04 Å². The number of hydrogen-bond donors (Lipinski definition) is 1. The summed E-state index contributed by atoms with van der Waals surface area (Å²) in [6, 6.07) is 0.862. The fraction of sp³-hybridized carbons (Fsp3) is 0.429. The second-order valence-corrected chi connectivity index (χ2v) is 4.98. The summed E-state index contributed by atoms with van der Waals surface area (Å²) >= 11 is 0. The molecule has 1 atom stereocenters. The lowest BCUT2D eigenvalue weighted by molar-refractivity contribution is -0.142. The van der Waals surface area contributed by atoms with Gasteiger partial charge >= 0.3 is 5.97 Å². The molecule has 0 aliphatic heterocycles. The molecule has 2 aromatic heterocycles. The maximum Gasteiger partial charge on any atom is 0.326 e. The van der Waals surface area contributed by atoms with E-state index in [-0.39, 0.29) is 5.91 Å². The number of hydrogen-bond acceptors (Lipinski definition) is 4. The maximum atomic E-state index is 12.4. The molecule has 1 unspecified atom stereocenters. The molecule has 2 aromatic rings. The van der Waals surface area contributed by atoms with Crippen LogP contribution in [0.2, 0.25) is 0 Å². The molecule has 112 valence electrons. The molecule has 7 heteroatoms. The lowest BCUT2D eigenvalue weighted by Crippen LogP contribution is -2.42. The van der Waals surface area contributed by atoms with Gasteiger partial charge in [0.25, 0.3) is 5.91 Å². The van der Waals surface area contributed by atoms with Gasteiger partial charge in [-0.15, -0.1) is 0 Å². The Balaban J connectivity index is 2.39. The highest BCUT2D eigenvalue weighted by atomic mass is 16.4. The van der Waals surface area contributed by atoms with Crippen LogP contribution in [-0.4, -0.2) is 49.7 Å². The zero-order valence-corrected chi connectivity index (χ0v) is 12.5. The Labute approximate surface area is 122 Å². The van der Waals surface area contributed by atoms with Crippen molar-refractivity contribution in [2.24, 2.45) is 7.05 Å². The lowest BCUT2D eigenvalue weighted by Gasteiger charge is -2.23. The van der Waals surface area contributed by atoms with E-state index in [1.165, 1.54) is 18.1 Å². The molecule has 0 aliphatic carbocycles. The molecular formula is C14H18N4O3. The smallest absolute Gasteiger partial charge is 0.326 e. The number of carboxylic acids is 1. The average Bonchev–Trinajstić information content (AvgIpc) is 2.73. The fourth-order valence-corrected chi connectivity index (χ4v) is 2.38. The van der Waals surface area contributed by atoms with Crippen LogP contribution in [0.3, 0.4) is 0 Å². The number of carbonyl (C=O) groups excluding carboxylic acids is 1. The number of aryl methyl sites for hydroxylation is 2. The highest BCUT2D eigenvalue weighted by molar-refractivity contribution is 5.98. The van der Waals surface area contributed by atoms with Crippen LogP contribution in [0.1, 0.15) is 29.4 Å². The van der Waals surface area contributed by atoms with Gasteiger partial charge in [-0.3, -0.25) is 9.48 Å². The van der Waals surface area contributed by atoms with Gasteiger partial charge in [-0.2, -0.15) is 5.10 Å². The number of rotatable bonds is 4. The minimum atomic E-state index is -1.01. The molecule has 0 aliphatic rings. The number of amides is 1. The first-order valence-corrected chi connectivity index (χ1v) is 6.66. The summed E-state index contributed by atoms with van der Waals surface area (Å²) in [4.78, 5) is 29.0. The predicted molar refractivity (Wildman–Crippen MR) is 77.1 cm³/mol. The minimum absolute atomic E-state index is 0.346. The number of aliphatic carboxylic acids is 1. The predicted octanol–water partition coefficient (Wildman–Crippen LogP) is 1.21. The van der Waals surface area contributed by atoms with Crippen LogP contribution in [0, 0.1) is 6.92 Å². The summed E-state index contributed by atoms with van der Waals surface area (Å²) in [5.41, 5.74) is 1.83. The van der Waals surface area contributed by atoms with E-state index in [2.05, 4.69) is 10.1 Å². The highest BCUT2D eigenvalue weighted by Gasteiger charge is 2.26. The van der Waals surface area contributed by atoms with E-state index in [1.807, 2.05) is 6.92 Å². The number of likely N-dealkylation sites (N-methyl/N-ethyl adjacent to an activating group) is 1. The van der Waals surface area contributed by atoms with E-state index in [0.717, 1.165) is 11.1 Å². The van der Waals surface area contributed by atoms with Crippen molar-refractivity contribution in [3.05, 3.63) is 23.5 Å². The van der Waals surface area contributed by atoms with Gasteiger partial charge in [0.2, 0.25) is 0 Å². The maximum absolute atomic E-state index is 12.4.